The third-order valence-electron chi connectivity index (χ3n) is 4.76. The maximum Gasteiger partial charge on any atom is 0.250 e. The first-order valence-electron chi connectivity index (χ1n) is 9.46. The molecule has 0 atom stereocenters. The van der Waals surface area contributed by atoms with E-state index in [0.29, 0.717) is 39.6 Å². The topological polar surface area (TPSA) is 77.3 Å². The molecule has 2 aromatic carbocycles. The van der Waals surface area contributed by atoms with Crippen molar-refractivity contribution in [3.8, 4) is 5.75 Å². The van der Waals surface area contributed by atoms with Crippen LogP contribution in [0.5, 0.6) is 5.75 Å². The lowest BCUT2D eigenvalue weighted by atomic mass is 10.1. The van der Waals surface area contributed by atoms with E-state index >= 15 is 0 Å². The van der Waals surface area contributed by atoms with Crippen molar-refractivity contribution >= 4 is 39.1 Å². The molecule has 4 aromatic rings. The van der Waals surface area contributed by atoms with Crippen molar-refractivity contribution in [3.05, 3.63) is 71.4 Å². The summed E-state index contributed by atoms with van der Waals surface area (Å²) in [6, 6.07) is 14.4. The molecule has 0 N–H and O–H groups in total. The molecule has 7 nitrogen and oxygen atoms in total. The molecule has 0 fully saturated rings. The summed E-state index contributed by atoms with van der Waals surface area (Å²) in [6.07, 6.45) is 1.67. The highest BCUT2D eigenvalue weighted by atomic mass is 32.1. The normalized spacial score (nSPS) is 10.9. The summed E-state index contributed by atoms with van der Waals surface area (Å²) in [7, 11) is 1.57. The molecular formula is C22H20N4O3S. The summed E-state index contributed by atoms with van der Waals surface area (Å²) >= 11 is 1.40. The molecule has 2 heterocycles. The Kier molecular flexibility index (Phi) is 5.58. The van der Waals surface area contributed by atoms with E-state index in [2.05, 4.69) is 10.1 Å². The van der Waals surface area contributed by atoms with Gasteiger partial charge in [-0.1, -0.05) is 30.3 Å². The maximum absolute atomic E-state index is 13.1. The number of hydrogen-bond donors (Lipinski definition) is 0. The molecule has 0 aliphatic carbocycles. The number of ether oxygens (including phenoxy) is 1. The number of fused-ring (bicyclic) bond motifs is 1. The van der Waals surface area contributed by atoms with Crippen molar-refractivity contribution in [2.24, 2.45) is 0 Å². The zero-order valence-corrected chi connectivity index (χ0v) is 17.4. The fourth-order valence-electron chi connectivity index (χ4n) is 3.28. The second kappa shape index (κ2) is 8.46. The van der Waals surface area contributed by atoms with E-state index in [1.54, 1.807) is 53.2 Å². The number of rotatable bonds is 7. The molecule has 0 aliphatic heterocycles. The van der Waals surface area contributed by atoms with Crippen LogP contribution in [0.3, 0.4) is 0 Å². The molecule has 0 saturated heterocycles. The molecule has 0 spiro atoms. The smallest absolute Gasteiger partial charge is 0.250 e. The largest absolute Gasteiger partial charge is 0.497 e. The van der Waals surface area contributed by atoms with Crippen LogP contribution in [-0.4, -0.2) is 40.1 Å². The van der Waals surface area contributed by atoms with Crippen LogP contribution in [0.1, 0.15) is 23.0 Å². The lowest BCUT2D eigenvalue weighted by Crippen LogP contribution is -2.33. The number of ketones is 1. The Bertz CT molecular complexity index is 1190. The van der Waals surface area contributed by atoms with E-state index in [9.17, 15) is 9.59 Å². The Morgan fingerprint density at radius 2 is 1.97 bits per heavy atom. The van der Waals surface area contributed by atoms with Gasteiger partial charge in [0.1, 0.15) is 18.0 Å². The van der Waals surface area contributed by atoms with Gasteiger partial charge in [0.25, 0.3) is 5.91 Å². The number of hydrogen-bond acceptors (Lipinski definition) is 6. The van der Waals surface area contributed by atoms with Gasteiger partial charge in [0.15, 0.2) is 5.13 Å². The van der Waals surface area contributed by atoms with Crippen LogP contribution in [0.25, 0.3) is 10.9 Å². The first-order valence-corrected chi connectivity index (χ1v) is 10.3. The number of nitrogens with zero attached hydrogens (tertiary/aromatic N) is 4. The van der Waals surface area contributed by atoms with Gasteiger partial charge in [0.2, 0.25) is 5.78 Å². The number of carbonyl (C=O) groups excluding carboxylic acids is 2. The average molecular weight is 420 g/mol. The van der Waals surface area contributed by atoms with Gasteiger partial charge in [-0.2, -0.15) is 5.10 Å². The molecule has 2 aromatic heterocycles. The van der Waals surface area contributed by atoms with Crippen LogP contribution < -0.4 is 9.64 Å². The Morgan fingerprint density at radius 3 is 2.63 bits per heavy atom. The predicted molar refractivity (Wildman–Crippen MR) is 116 cm³/mol. The highest BCUT2D eigenvalue weighted by molar-refractivity contribution is 7.13. The van der Waals surface area contributed by atoms with Crippen LogP contribution in [0, 0.1) is 0 Å². The minimum absolute atomic E-state index is 0.0147. The second-order valence-corrected chi connectivity index (χ2v) is 7.41. The standard InChI is InChI=1S/C22H20N4O3S/c1-3-25(22-23-11-12-30-22)19(27)14-26-18-13-16(29-2)9-10-17(18)20(24-26)21(28)15-7-5-4-6-8-15/h4-13H,3,14H2,1-2H3. The SMILES string of the molecule is CCN(C(=O)Cn1nc(C(=O)c2ccccc2)c2ccc(OC)cc21)c1nccs1. The number of anilines is 1. The van der Waals surface area contributed by atoms with Gasteiger partial charge in [-0.3, -0.25) is 19.2 Å². The third kappa shape index (κ3) is 3.69. The molecule has 0 aliphatic rings. The minimum atomic E-state index is -0.191. The molecule has 0 unspecified atom stereocenters. The van der Waals surface area contributed by atoms with E-state index in [-0.39, 0.29) is 18.2 Å². The summed E-state index contributed by atoms with van der Waals surface area (Å²) in [5, 5.41) is 7.67. The predicted octanol–water partition coefficient (Wildman–Crippen LogP) is 3.79. The minimum Gasteiger partial charge on any atom is -0.497 e. The molecule has 0 saturated carbocycles. The highest BCUT2D eigenvalue weighted by Crippen LogP contribution is 2.26. The number of benzene rings is 2. The summed E-state index contributed by atoms with van der Waals surface area (Å²) < 4.78 is 6.90. The van der Waals surface area contributed by atoms with Gasteiger partial charge >= 0.3 is 0 Å². The fourth-order valence-corrected chi connectivity index (χ4v) is 4.00. The number of methoxy groups -OCH3 is 1. The van der Waals surface area contributed by atoms with Crippen LogP contribution in [0.4, 0.5) is 5.13 Å². The monoisotopic (exact) mass is 420 g/mol. The Hall–Kier alpha value is -3.52. The van der Waals surface area contributed by atoms with Gasteiger partial charge in [0, 0.05) is 35.1 Å². The summed E-state index contributed by atoms with van der Waals surface area (Å²) in [5.41, 5.74) is 1.52. The summed E-state index contributed by atoms with van der Waals surface area (Å²) in [5.74, 6) is 0.282. The van der Waals surface area contributed by atoms with E-state index < -0.39 is 0 Å². The third-order valence-corrected chi connectivity index (χ3v) is 5.56. The van der Waals surface area contributed by atoms with Crippen molar-refractivity contribution in [2.45, 2.75) is 13.5 Å². The first-order chi connectivity index (χ1) is 14.6. The zero-order valence-electron chi connectivity index (χ0n) is 16.6. The van der Waals surface area contributed by atoms with Crippen molar-refractivity contribution in [3.63, 3.8) is 0 Å². The zero-order chi connectivity index (χ0) is 21.1. The van der Waals surface area contributed by atoms with Gasteiger partial charge in [-0.05, 0) is 19.1 Å². The Labute approximate surface area is 177 Å². The molecule has 0 radical (unpaired) electrons. The van der Waals surface area contributed by atoms with Crippen molar-refractivity contribution in [1.29, 1.82) is 0 Å². The maximum atomic E-state index is 13.1. The summed E-state index contributed by atoms with van der Waals surface area (Å²) in [4.78, 5) is 31.9. The van der Waals surface area contributed by atoms with Crippen molar-refractivity contribution in [2.75, 3.05) is 18.6 Å². The van der Waals surface area contributed by atoms with Gasteiger partial charge < -0.3 is 4.74 Å². The lowest BCUT2D eigenvalue weighted by molar-refractivity contribution is -0.119. The molecular weight excluding hydrogens is 400 g/mol. The molecule has 4 rings (SSSR count). The number of thiazole rings is 1. The van der Waals surface area contributed by atoms with Crippen molar-refractivity contribution < 1.29 is 14.3 Å². The highest BCUT2D eigenvalue weighted by Gasteiger charge is 2.23. The number of amides is 1. The molecule has 30 heavy (non-hydrogen) atoms. The average Bonchev–Trinajstić information content (AvgIpc) is 3.43. The molecule has 152 valence electrons. The molecule has 0 bridgehead atoms. The van der Waals surface area contributed by atoms with Crippen LogP contribution in [0.15, 0.2) is 60.1 Å². The van der Waals surface area contributed by atoms with E-state index in [0.717, 1.165) is 0 Å². The number of aromatic nitrogens is 3. The van der Waals surface area contributed by atoms with Gasteiger partial charge in [0.05, 0.1) is 12.6 Å². The van der Waals surface area contributed by atoms with E-state index in [4.69, 9.17) is 4.74 Å². The van der Waals surface area contributed by atoms with Crippen LogP contribution >= 0.6 is 11.3 Å². The molecule has 8 heteroatoms. The second-order valence-electron chi connectivity index (χ2n) is 6.54. The fraction of sp³-hybridized carbons (Fsp3) is 0.182. The number of carbonyl (C=O) groups is 2. The first kappa shape index (κ1) is 19.8. The van der Waals surface area contributed by atoms with Crippen molar-refractivity contribution in [1.82, 2.24) is 14.8 Å². The van der Waals surface area contributed by atoms with E-state index in [1.807, 2.05) is 30.5 Å². The number of likely N-dealkylation sites (N-methyl/N-ethyl adjacent to an activating group) is 1. The van der Waals surface area contributed by atoms with Gasteiger partial charge in [-0.25, -0.2) is 4.98 Å². The van der Waals surface area contributed by atoms with Crippen LogP contribution in [0.2, 0.25) is 0 Å². The Balaban J connectivity index is 1.75. The molecule has 1 amide bonds. The lowest BCUT2D eigenvalue weighted by Gasteiger charge is -2.17. The Morgan fingerprint density at radius 1 is 1.17 bits per heavy atom. The van der Waals surface area contributed by atoms with E-state index in [1.165, 1.54) is 11.3 Å². The van der Waals surface area contributed by atoms with Gasteiger partial charge in [-0.15, -0.1) is 11.3 Å². The van der Waals surface area contributed by atoms with Crippen LogP contribution in [-0.2, 0) is 11.3 Å². The quantitative estimate of drug-likeness (QED) is 0.425. The summed E-state index contributed by atoms with van der Waals surface area (Å²) in [6.45, 7) is 2.37.